The van der Waals surface area contributed by atoms with Crippen molar-refractivity contribution < 1.29 is 0 Å². The van der Waals surface area contributed by atoms with Crippen LogP contribution in [0.2, 0.25) is 0 Å². The molecule has 0 fully saturated rings. The highest BCUT2D eigenvalue weighted by atomic mass is 14.4. The zero-order valence-corrected chi connectivity index (χ0v) is 10.5. The van der Waals surface area contributed by atoms with Gasteiger partial charge in [-0.1, -0.05) is 45.9 Å². The summed E-state index contributed by atoms with van der Waals surface area (Å²) in [5.74, 6) is 3.03. The van der Waals surface area contributed by atoms with Gasteiger partial charge in [0.15, 0.2) is 0 Å². The summed E-state index contributed by atoms with van der Waals surface area (Å²) in [4.78, 5) is 0. The maximum Gasteiger partial charge on any atom is -0.0156 e. The molecule has 4 atom stereocenters. The van der Waals surface area contributed by atoms with Crippen LogP contribution in [0.5, 0.6) is 0 Å². The molecular weight excluding hydrogens is 180 g/mol. The lowest BCUT2D eigenvalue weighted by Crippen LogP contribution is -2.27. The summed E-state index contributed by atoms with van der Waals surface area (Å²) in [7, 11) is 0. The van der Waals surface area contributed by atoms with E-state index in [0.717, 1.165) is 11.8 Å². The van der Waals surface area contributed by atoms with Gasteiger partial charge in [-0.2, -0.15) is 0 Å². The standard InChI is InChI=1S/C15H22/c1-9-7-6-8-14-12(4)10(2)11(3)13(5)15(9)14/h6-8,10-13H,1-5H3. The van der Waals surface area contributed by atoms with Crippen molar-refractivity contribution in [2.45, 2.75) is 46.5 Å². The van der Waals surface area contributed by atoms with E-state index in [4.69, 9.17) is 0 Å². The van der Waals surface area contributed by atoms with Crippen molar-refractivity contribution in [3.8, 4) is 0 Å². The van der Waals surface area contributed by atoms with Crippen LogP contribution in [0.3, 0.4) is 0 Å². The van der Waals surface area contributed by atoms with E-state index in [0.29, 0.717) is 11.8 Å². The Kier molecular flexibility index (Phi) is 2.62. The van der Waals surface area contributed by atoms with Gasteiger partial charge < -0.3 is 0 Å². The minimum atomic E-state index is 0.714. The molecule has 0 heteroatoms. The van der Waals surface area contributed by atoms with Crippen molar-refractivity contribution in [1.82, 2.24) is 0 Å². The van der Waals surface area contributed by atoms with Crippen molar-refractivity contribution in [2.24, 2.45) is 11.8 Å². The van der Waals surface area contributed by atoms with Gasteiger partial charge in [-0.15, -0.1) is 0 Å². The molecule has 15 heavy (non-hydrogen) atoms. The zero-order valence-electron chi connectivity index (χ0n) is 10.5. The summed E-state index contributed by atoms with van der Waals surface area (Å²) in [6.45, 7) is 11.8. The summed E-state index contributed by atoms with van der Waals surface area (Å²) < 4.78 is 0. The molecule has 2 rings (SSSR count). The Morgan fingerprint density at radius 1 is 0.867 bits per heavy atom. The van der Waals surface area contributed by atoms with Crippen LogP contribution >= 0.6 is 0 Å². The molecule has 1 aromatic rings. The van der Waals surface area contributed by atoms with Crippen molar-refractivity contribution in [3.63, 3.8) is 0 Å². The molecule has 0 spiro atoms. The Morgan fingerprint density at radius 3 is 2.13 bits per heavy atom. The van der Waals surface area contributed by atoms with E-state index in [2.05, 4.69) is 52.8 Å². The third kappa shape index (κ3) is 1.51. The lowest BCUT2D eigenvalue weighted by Gasteiger charge is -2.39. The lowest BCUT2D eigenvalue weighted by molar-refractivity contribution is 0.273. The van der Waals surface area contributed by atoms with Crippen LogP contribution < -0.4 is 0 Å². The van der Waals surface area contributed by atoms with Gasteiger partial charge in [-0.05, 0) is 47.3 Å². The number of rotatable bonds is 0. The fourth-order valence-electron chi connectivity index (χ4n) is 3.18. The van der Waals surface area contributed by atoms with E-state index in [1.165, 1.54) is 5.56 Å². The molecule has 0 radical (unpaired) electrons. The van der Waals surface area contributed by atoms with Crippen molar-refractivity contribution in [1.29, 1.82) is 0 Å². The second kappa shape index (κ2) is 3.66. The van der Waals surface area contributed by atoms with E-state index >= 15 is 0 Å². The van der Waals surface area contributed by atoms with Crippen molar-refractivity contribution in [2.75, 3.05) is 0 Å². The van der Waals surface area contributed by atoms with E-state index in [-0.39, 0.29) is 0 Å². The predicted octanol–water partition coefficient (Wildman–Crippen LogP) is 4.49. The van der Waals surface area contributed by atoms with Gasteiger partial charge in [0.2, 0.25) is 0 Å². The van der Waals surface area contributed by atoms with Gasteiger partial charge in [0, 0.05) is 0 Å². The van der Waals surface area contributed by atoms with Crippen LogP contribution in [0, 0.1) is 18.8 Å². The first kappa shape index (κ1) is 10.7. The molecule has 0 heterocycles. The van der Waals surface area contributed by atoms with Crippen LogP contribution in [-0.2, 0) is 0 Å². The molecule has 0 aromatic heterocycles. The SMILES string of the molecule is Cc1cccc2c1C(C)C(C)C(C)C2C. The number of hydrogen-bond acceptors (Lipinski definition) is 0. The second-order valence-electron chi connectivity index (χ2n) is 5.37. The maximum absolute atomic E-state index is 2.40. The van der Waals surface area contributed by atoms with Crippen molar-refractivity contribution in [3.05, 3.63) is 34.9 Å². The molecule has 0 aliphatic heterocycles. The minimum Gasteiger partial charge on any atom is -0.0617 e. The highest BCUT2D eigenvalue weighted by Crippen LogP contribution is 2.46. The Hall–Kier alpha value is -0.780. The molecule has 1 aromatic carbocycles. The van der Waals surface area contributed by atoms with Gasteiger partial charge in [0.25, 0.3) is 0 Å². The monoisotopic (exact) mass is 202 g/mol. The van der Waals surface area contributed by atoms with E-state index in [9.17, 15) is 0 Å². The first-order valence-corrected chi connectivity index (χ1v) is 6.13. The van der Waals surface area contributed by atoms with Gasteiger partial charge >= 0.3 is 0 Å². The summed E-state index contributed by atoms with van der Waals surface area (Å²) in [6, 6.07) is 6.79. The smallest absolute Gasteiger partial charge is 0.0156 e. The highest BCUT2D eigenvalue weighted by Gasteiger charge is 2.33. The minimum absolute atomic E-state index is 0.714. The molecule has 0 saturated heterocycles. The van der Waals surface area contributed by atoms with E-state index in [1.54, 1.807) is 11.1 Å². The average molecular weight is 202 g/mol. The second-order valence-corrected chi connectivity index (χ2v) is 5.37. The largest absolute Gasteiger partial charge is 0.0617 e. The van der Waals surface area contributed by atoms with Crippen LogP contribution in [0.4, 0.5) is 0 Å². The molecular formula is C15H22. The molecule has 0 saturated carbocycles. The average Bonchev–Trinajstić information content (AvgIpc) is 2.23. The fourth-order valence-corrected chi connectivity index (χ4v) is 3.18. The summed E-state index contributed by atoms with van der Waals surface area (Å²) >= 11 is 0. The Balaban J connectivity index is 2.59. The molecule has 0 nitrogen and oxygen atoms in total. The maximum atomic E-state index is 2.40. The summed E-state index contributed by atoms with van der Waals surface area (Å²) in [5, 5.41) is 0. The van der Waals surface area contributed by atoms with Gasteiger partial charge in [0.05, 0.1) is 0 Å². The molecule has 0 amide bonds. The zero-order chi connectivity index (χ0) is 11.2. The molecule has 1 aliphatic rings. The summed E-state index contributed by atoms with van der Waals surface area (Å²) in [5.41, 5.74) is 4.69. The topological polar surface area (TPSA) is 0 Å². The quantitative estimate of drug-likeness (QED) is 0.581. The predicted molar refractivity (Wildman–Crippen MR) is 66.3 cm³/mol. The third-order valence-electron chi connectivity index (χ3n) is 4.71. The number of hydrogen-bond donors (Lipinski definition) is 0. The Labute approximate surface area is 93.7 Å². The van der Waals surface area contributed by atoms with Crippen molar-refractivity contribution >= 4 is 0 Å². The van der Waals surface area contributed by atoms with Gasteiger partial charge in [0.1, 0.15) is 0 Å². The Morgan fingerprint density at radius 2 is 1.47 bits per heavy atom. The van der Waals surface area contributed by atoms with Gasteiger partial charge in [-0.25, -0.2) is 0 Å². The molecule has 0 N–H and O–H groups in total. The van der Waals surface area contributed by atoms with Crippen LogP contribution in [0.15, 0.2) is 18.2 Å². The molecule has 1 aliphatic carbocycles. The molecule has 82 valence electrons. The fraction of sp³-hybridized carbons (Fsp3) is 0.600. The lowest BCUT2D eigenvalue weighted by atomic mass is 9.65. The van der Waals surface area contributed by atoms with Crippen LogP contribution in [0.25, 0.3) is 0 Å². The number of benzene rings is 1. The number of aryl methyl sites for hydroxylation is 1. The van der Waals surface area contributed by atoms with Crippen LogP contribution in [-0.4, -0.2) is 0 Å². The molecule has 4 unspecified atom stereocenters. The normalized spacial score (nSPS) is 35.0. The first-order valence-electron chi connectivity index (χ1n) is 6.13. The highest BCUT2D eigenvalue weighted by molar-refractivity contribution is 5.41. The van der Waals surface area contributed by atoms with E-state index in [1.807, 2.05) is 0 Å². The van der Waals surface area contributed by atoms with Crippen LogP contribution in [0.1, 0.15) is 56.2 Å². The number of fused-ring (bicyclic) bond motifs is 1. The molecule has 0 bridgehead atoms. The first-order chi connectivity index (χ1) is 7.04. The van der Waals surface area contributed by atoms with Gasteiger partial charge in [-0.3, -0.25) is 0 Å². The third-order valence-corrected chi connectivity index (χ3v) is 4.71. The van der Waals surface area contributed by atoms with E-state index < -0.39 is 0 Å². The Bertz CT molecular complexity index is 364. The summed E-state index contributed by atoms with van der Waals surface area (Å²) in [6.07, 6.45) is 0.